The molecule has 1 N–H and O–H groups in total. The van der Waals surface area contributed by atoms with Crippen molar-refractivity contribution in [2.75, 3.05) is 6.54 Å². The summed E-state index contributed by atoms with van der Waals surface area (Å²) in [7, 11) is 0. The van der Waals surface area contributed by atoms with E-state index >= 15 is 0 Å². The fourth-order valence-corrected chi connectivity index (χ4v) is 1.63. The predicted molar refractivity (Wildman–Crippen MR) is 67.2 cm³/mol. The molecule has 0 aliphatic rings. The topological polar surface area (TPSA) is 29.1 Å². The number of hydrogen-bond acceptors (Lipinski definition) is 1. The van der Waals surface area contributed by atoms with Gasteiger partial charge in [0.1, 0.15) is 0 Å². The SMILES string of the molecule is C=C(F)C(=O)NCC(C)(C)Cc1ccccc1. The van der Waals surface area contributed by atoms with Crippen molar-refractivity contribution in [2.24, 2.45) is 5.41 Å². The van der Waals surface area contributed by atoms with Gasteiger partial charge in [0.25, 0.3) is 5.91 Å². The third-order valence-corrected chi connectivity index (χ3v) is 2.50. The molecule has 1 aromatic carbocycles. The molecule has 0 atom stereocenters. The molecule has 0 aliphatic carbocycles. The van der Waals surface area contributed by atoms with Gasteiger partial charge in [0.15, 0.2) is 5.83 Å². The van der Waals surface area contributed by atoms with E-state index in [-0.39, 0.29) is 5.41 Å². The summed E-state index contributed by atoms with van der Waals surface area (Å²) in [6.45, 7) is 7.44. The highest BCUT2D eigenvalue weighted by Crippen LogP contribution is 2.20. The molecule has 1 amide bonds. The van der Waals surface area contributed by atoms with Crippen molar-refractivity contribution in [3.05, 3.63) is 48.3 Å². The van der Waals surface area contributed by atoms with Crippen LogP contribution in [0.4, 0.5) is 4.39 Å². The maximum absolute atomic E-state index is 12.5. The van der Waals surface area contributed by atoms with E-state index in [1.165, 1.54) is 5.56 Å². The van der Waals surface area contributed by atoms with Crippen molar-refractivity contribution in [3.63, 3.8) is 0 Å². The predicted octanol–water partition coefficient (Wildman–Crippen LogP) is 2.85. The third-order valence-electron chi connectivity index (χ3n) is 2.50. The van der Waals surface area contributed by atoms with Crippen LogP contribution in [-0.2, 0) is 11.2 Å². The maximum atomic E-state index is 12.5. The average molecular weight is 235 g/mol. The molecule has 0 fully saturated rings. The number of hydrogen-bond donors (Lipinski definition) is 1. The van der Waals surface area contributed by atoms with Crippen molar-refractivity contribution in [1.29, 1.82) is 0 Å². The Morgan fingerprint density at radius 2 is 1.94 bits per heavy atom. The van der Waals surface area contributed by atoms with Gasteiger partial charge >= 0.3 is 0 Å². The van der Waals surface area contributed by atoms with E-state index in [0.717, 1.165) is 6.42 Å². The molecule has 0 heterocycles. The van der Waals surface area contributed by atoms with Crippen LogP contribution >= 0.6 is 0 Å². The first-order valence-electron chi connectivity index (χ1n) is 5.57. The van der Waals surface area contributed by atoms with Crippen molar-refractivity contribution in [1.82, 2.24) is 5.32 Å². The normalized spacial score (nSPS) is 11.0. The Morgan fingerprint density at radius 1 is 1.35 bits per heavy atom. The molecular weight excluding hydrogens is 217 g/mol. The van der Waals surface area contributed by atoms with E-state index in [9.17, 15) is 9.18 Å². The van der Waals surface area contributed by atoms with Gasteiger partial charge in [0.2, 0.25) is 0 Å². The molecule has 1 rings (SSSR count). The summed E-state index contributed by atoms with van der Waals surface area (Å²) in [5.74, 6) is -1.67. The molecule has 0 bridgehead atoms. The largest absolute Gasteiger partial charge is 0.350 e. The molecule has 0 saturated heterocycles. The smallest absolute Gasteiger partial charge is 0.279 e. The monoisotopic (exact) mass is 235 g/mol. The molecule has 0 unspecified atom stereocenters. The Balaban J connectivity index is 2.52. The summed E-state index contributed by atoms with van der Waals surface area (Å²) in [4.78, 5) is 11.1. The molecule has 0 saturated carbocycles. The van der Waals surface area contributed by atoms with Crippen LogP contribution in [0, 0.1) is 5.41 Å². The number of benzene rings is 1. The minimum absolute atomic E-state index is 0.119. The molecule has 0 spiro atoms. The first-order chi connectivity index (χ1) is 7.91. The first kappa shape index (κ1) is 13.4. The van der Waals surface area contributed by atoms with Crippen LogP contribution in [0.3, 0.4) is 0 Å². The quantitative estimate of drug-likeness (QED) is 0.781. The zero-order chi connectivity index (χ0) is 12.9. The van der Waals surface area contributed by atoms with E-state index in [4.69, 9.17) is 0 Å². The van der Waals surface area contributed by atoms with Crippen LogP contribution in [0.5, 0.6) is 0 Å². The second-order valence-electron chi connectivity index (χ2n) is 4.91. The summed E-state index contributed by atoms with van der Waals surface area (Å²) in [6, 6.07) is 10.0. The van der Waals surface area contributed by atoms with E-state index in [1.807, 2.05) is 44.2 Å². The molecule has 2 nitrogen and oxygen atoms in total. The van der Waals surface area contributed by atoms with Gasteiger partial charge in [-0.3, -0.25) is 4.79 Å². The summed E-state index contributed by atoms with van der Waals surface area (Å²) < 4.78 is 12.5. The van der Waals surface area contributed by atoms with Gasteiger partial charge in [0.05, 0.1) is 0 Å². The fraction of sp³-hybridized carbons (Fsp3) is 0.357. The zero-order valence-corrected chi connectivity index (χ0v) is 10.3. The minimum Gasteiger partial charge on any atom is -0.350 e. The lowest BCUT2D eigenvalue weighted by Crippen LogP contribution is -2.35. The fourth-order valence-electron chi connectivity index (χ4n) is 1.63. The molecular formula is C14H18FNO. The van der Waals surface area contributed by atoms with Gasteiger partial charge in [-0.1, -0.05) is 50.8 Å². The highest BCUT2D eigenvalue weighted by Gasteiger charge is 2.20. The van der Waals surface area contributed by atoms with Crippen molar-refractivity contribution >= 4 is 5.91 Å². The van der Waals surface area contributed by atoms with Crippen LogP contribution in [0.2, 0.25) is 0 Å². The van der Waals surface area contributed by atoms with E-state index in [1.54, 1.807) is 0 Å². The molecule has 92 valence electrons. The Morgan fingerprint density at radius 3 is 2.47 bits per heavy atom. The molecule has 17 heavy (non-hydrogen) atoms. The third kappa shape index (κ3) is 4.81. The Hall–Kier alpha value is -1.64. The standard InChI is InChI=1S/C14H18FNO/c1-11(15)13(17)16-10-14(2,3)9-12-7-5-4-6-8-12/h4-8H,1,9-10H2,2-3H3,(H,16,17). The highest BCUT2D eigenvalue weighted by molar-refractivity contribution is 5.90. The van der Waals surface area contributed by atoms with Gasteiger partial charge in [-0.15, -0.1) is 0 Å². The number of carbonyl (C=O) groups excluding carboxylic acids is 1. The second-order valence-corrected chi connectivity index (χ2v) is 4.91. The maximum Gasteiger partial charge on any atom is 0.279 e. The molecule has 0 aliphatic heterocycles. The molecule has 0 aromatic heterocycles. The van der Waals surface area contributed by atoms with Crippen LogP contribution in [0.15, 0.2) is 42.7 Å². The minimum atomic E-state index is -0.944. The van der Waals surface area contributed by atoms with Crippen LogP contribution in [0.1, 0.15) is 19.4 Å². The van der Waals surface area contributed by atoms with Crippen LogP contribution < -0.4 is 5.32 Å². The molecule has 0 radical (unpaired) electrons. The molecule has 3 heteroatoms. The van der Waals surface area contributed by atoms with Gasteiger partial charge in [0, 0.05) is 6.54 Å². The van der Waals surface area contributed by atoms with Crippen molar-refractivity contribution in [2.45, 2.75) is 20.3 Å². The number of halogens is 1. The lowest BCUT2D eigenvalue weighted by molar-refractivity contribution is -0.119. The van der Waals surface area contributed by atoms with Gasteiger partial charge in [-0.05, 0) is 17.4 Å². The Bertz CT molecular complexity index is 398. The summed E-state index contributed by atoms with van der Waals surface area (Å²) in [5, 5.41) is 2.53. The van der Waals surface area contributed by atoms with Gasteiger partial charge in [-0.25, -0.2) is 4.39 Å². The number of rotatable bonds is 5. The van der Waals surface area contributed by atoms with Crippen molar-refractivity contribution in [3.8, 4) is 0 Å². The van der Waals surface area contributed by atoms with E-state index in [0.29, 0.717) is 6.54 Å². The van der Waals surface area contributed by atoms with Gasteiger partial charge in [-0.2, -0.15) is 0 Å². The number of amides is 1. The number of nitrogens with one attached hydrogen (secondary N) is 1. The first-order valence-corrected chi connectivity index (χ1v) is 5.57. The lowest BCUT2D eigenvalue weighted by Gasteiger charge is -2.24. The second kappa shape index (κ2) is 5.62. The van der Waals surface area contributed by atoms with Crippen LogP contribution in [-0.4, -0.2) is 12.5 Å². The van der Waals surface area contributed by atoms with Crippen LogP contribution in [0.25, 0.3) is 0 Å². The summed E-state index contributed by atoms with van der Waals surface area (Å²) in [5.41, 5.74) is 1.08. The number of carbonyl (C=O) groups is 1. The Labute approximate surface area is 102 Å². The lowest BCUT2D eigenvalue weighted by atomic mass is 9.85. The van der Waals surface area contributed by atoms with Gasteiger partial charge < -0.3 is 5.32 Å². The Kier molecular flexibility index (Phi) is 4.44. The van der Waals surface area contributed by atoms with Crippen molar-refractivity contribution < 1.29 is 9.18 Å². The summed E-state index contributed by atoms with van der Waals surface area (Å²) in [6.07, 6.45) is 0.826. The summed E-state index contributed by atoms with van der Waals surface area (Å²) >= 11 is 0. The highest BCUT2D eigenvalue weighted by atomic mass is 19.1. The van der Waals surface area contributed by atoms with E-state index in [2.05, 4.69) is 11.9 Å². The molecule has 1 aromatic rings. The zero-order valence-electron chi connectivity index (χ0n) is 10.3. The average Bonchev–Trinajstić information content (AvgIpc) is 2.26. The van der Waals surface area contributed by atoms with E-state index < -0.39 is 11.7 Å².